The zero-order valence-corrected chi connectivity index (χ0v) is 12.1. The van der Waals surface area contributed by atoms with Crippen molar-refractivity contribution in [3.8, 4) is 0 Å². The molecule has 0 bridgehead atoms. The van der Waals surface area contributed by atoms with Gasteiger partial charge in [0.05, 0.1) is 10.6 Å². The molecule has 2 heterocycles. The highest BCUT2D eigenvalue weighted by Crippen LogP contribution is 2.28. The third-order valence-corrected chi connectivity index (χ3v) is 6.05. The van der Waals surface area contributed by atoms with E-state index in [1.165, 1.54) is 4.88 Å². The molecule has 1 aromatic carbocycles. The van der Waals surface area contributed by atoms with Gasteiger partial charge in [0.1, 0.15) is 0 Å². The van der Waals surface area contributed by atoms with Crippen LogP contribution in [0, 0.1) is 0 Å². The fourth-order valence-electron chi connectivity index (χ4n) is 2.30. The Kier molecular flexibility index (Phi) is 3.33. The molecule has 0 amide bonds. The van der Waals surface area contributed by atoms with Crippen LogP contribution in [0.3, 0.4) is 0 Å². The summed E-state index contributed by atoms with van der Waals surface area (Å²) in [4.78, 5) is 1.84. The third kappa shape index (κ3) is 2.67. The van der Waals surface area contributed by atoms with Crippen LogP contribution in [0.5, 0.6) is 0 Å². The van der Waals surface area contributed by atoms with Crippen molar-refractivity contribution < 1.29 is 8.42 Å². The fourth-order valence-corrected chi connectivity index (χ4v) is 4.59. The van der Waals surface area contributed by atoms with E-state index >= 15 is 0 Å². The topological polar surface area (TPSA) is 46.2 Å². The van der Waals surface area contributed by atoms with Gasteiger partial charge in [-0.25, -0.2) is 8.42 Å². The van der Waals surface area contributed by atoms with Crippen molar-refractivity contribution in [2.24, 2.45) is 0 Å². The molecule has 3 rings (SSSR count). The summed E-state index contributed by atoms with van der Waals surface area (Å²) in [6.45, 7) is 0.819. The van der Waals surface area contributed by atoms with Crippen LogP contribution in [0.25, 0.3) is 0 Å². The number of fused-ring (bicyclic) bond motifs is 1. The van der Waals surface area contributed by atoms with E-state index in [9.17, 15) is 8.42 Å². The van der Waals surface area contributed by atoms with Gasteiger partial charge in [-0.05, 0) is 42.0 Å². The first-order valence-corrected chi connectivity index (χ1v) is 8.80. The van der Waals surface area contributed by atoms with Crippen LogP contribution < -0.4 is 5.32 Å². The zero-order chi connectivity index (χ0) is 13.3. The highest BCUT2D eigenvalue weighted by atomic mass is 32.2. The number of nitrogens with one attached hydrogen (secondary N) is 1. The minimum Gasteiger partial charge on any atom is -0.385 e. The van der Waals surface area contributed by atoms with Crippen molar-refractivity contribution >= 4 is 26.9 Å². The van der Waals surface area contributed by atoms with Crippen LogP contribution in [0.15, 0.2) is 40.6 Å². The van der Waals surface area contributed by atoms with E-state index < -0.39 is 9.84 Å². The Balaban J connectivity index is 1.70. The van der Waals surface area contributed by atoms with E-state index in [1.807, 2.05) is 18.2 Å². The molecule has 100 valence electrons. The van der Waals surface area contributed by atoms with Crippen LogP contribution in [-0.2, 0) is 22.7 Å². The minimum atomic E-state index is -3.03. The van der Waals surface area contributed by atoms with Gasteiger partial charge in [0.2, 0.25) is 0 Å². The number of sulfone groups is 1. The first kappa shape index (κ1) is 12.7. The smallest absolute Gasteiger partial charge is 0.179 e. The molecule has 0 fully saturated rings. The predicted octanol–water partition coefficient (Wildman–Crippen LogP) is 2.73. The monoisotopic (exact) mass is 293 g/mol. The number of aryl methyl sites for hydroxylation is 1. The Morgan fingerprint density at radius 3 is 2.95 bits per heavy atom. The standard InChI is InChI=1S/C14H15NO2S2/c16-19(17)9-6-11-3-4-12(10-14(11)19)15-7-5-13-2-1-8-18-13/h1-4,8,10,15H,5-7,9H2. The summed E-state index contributed by atoms with van der Waals surface area (Å²) < 4.78 is 23.7. The SMILES string of the molecule is O=S1(=O)CCc2ccc(NCCc3cccs3)cc21. The summed E-state index contributed by atoms with van der Waals surface area (Å²) >= 11 is 1.74. The maximum atomic E-state index is 11.8. The van der Waals surface area contributed by atoms with Gasteiger partial charge in [-0.2, -0.15) is 0 Å². The Morgan fingerprint density at radius 2 is 2.16 bits per heavy atom. The van der Waals surface area contributed by atoms with Crippen LogP contribution in [0.4, 0.5) is 5.69 Å². The molecule has 1 aliphatic rings. The normalized spacial score (nSPS) is 16.2. The molecular formula is C14H15NO2S2. The minimum absolute atomic E-state index is 0.251. The van der Waals surface area contributed by atoms with Gasteiger partial charge < -0.3 is 5.32 Å². The maximum Gasteiger partial charge on any atom is 0.179 e. The molecule has 0 aliphatic carbocycles. The number of rotatable bonds is 4. The molecule has 2 aromatic rings. The van der Waals surface area contributed by atoms with Gasteiger partial charge in [0.25, 0.3) is 0 Å². The molecule has 5 heteroatoms. The number of anilines is 1. The van der Waals surface area contributed by atoms with Gasteiger partial charge in [0, 0.05) is 17.1 Å². The average molecular weight is 293 g/mol. The van der Waals surface area contributed by atoms with E-state index in [4.69, 9.17) is 0 Å². The van der Waals surface area contributed by atoms with Crippen molar-refractivity contribution in [2.45, 2.75) is 17.7 Å². The highest BCUT2D eigenvalue weighted by Gasteiger charge is 2.25. The Labute approximate surface area is 117 Å². The summed E-state index contributed by atoms with van der Waals surface area (Å²) in [6, 6.07) is 9.81. The van der Waals surface area contributed by atoms with E-state index in [0.29, 0.717) is 11.3 Å². The molecule has 19 heavy (non-hydrogen) atoms. The molecule has 3 nitrogen and oxygen atoms in total. The van der Waals surface area contributed by atoms with Crippen molar-refractivity contribution in [3.63, 3.8) is 0 Å². The third-order valence-electron chi connectivity index (χ3n) is 3.32. The zero-order valence-electron chi connectivity index (χ0n) is 10.4. The lowest BCUT2D eigenvalue weighted by atomic mass is 10.1. The highest BCUT2D eigenvalue weighted by molar-refractivity contribution is 7.91. The summed E-state index contributed by atoms with van der Waals surface area (Å²) in [6.07, 6.45) is 1.61. The molecule has 0 radical (unpaired) electrons. The van der Waals surface area contributed by atoms with Crippen LogP contribution in [0.2, 0.25) is 0 Å². The molecule has 0 saturated heterocycles. The van der Waals surface area contributed by atoms with E-state index in [1.54, 1.807) is 17.4 Å². The van der Waals surface area contributed by atoms with Crippen LogP contribution >= 0.6 is 11.3 Å². The number of hydrogen-bond acceptors (Lipinski definition) is 4. The molecule has 1 aliphatic heterocycles. The van der Waals surface area contributed by atoms with Gasteiger partial charge in [-0.3, -0.25) is 0 Å². The van der Waals surface area contributed by atoms with Crippen LogP contribution in [-0.4, -0.2) is 20.7 Å². The van der Waals surface area contributed by atoms with Gasteiger partial charge >= 0.3 is 0 Å². The molecule has 0 unspecified atom stereocenters. The van der Waals surface area contributed by atoms with Crippen molar-refractivity contribution in [1.82, 2.24) is 0 Å². The van der Waals surface area contributed by atoms with Gasteiger partial charge in [0.15, 0.2) is 9.84 Å². The number of hydrogen-bond donors (Lipinski definition) is 1. The summed E-state index contributed by atoms with van der Waals surface area (Å²) in [5.74, 6) is 0.251. The summed E-state index contributed by atoms with van der Waals surface area (Å²) in [5.41, 5.74) is 1.84. The Bertz CT molecular complexity index is 675. The first-order chi connectivity index (χ1) is 9.15. The lowest BCUT2D eigenvalue weighted by molar-refractivity contribution is 0.600. The molecule has 1 aromatic heterocycles. The predicted molar refractivity (Wildman–Crippen MR) is 78.7 cm³/mol. The van der Waals surface area contributed by atoms with Crippen molar-refractivity contribution in [2.75, 3.05) is 17.6 Å². The lowest BCUT2D eigenvalue weighted by Crippen LogP contribution is -2.05. The molecule has 0 saturated carbocycles. The lowest BCUT2D eigenvalue weighted by Gasteiger charge is -2.07. The maximum absolute atomic E-state index is 11.8. The van der Waals surface area contributed by atoms with E-state index in [0.717, 1.165) is 24.2 Å². The summed E-state index contributed by atoms with van der Waals surface area (Å²) in [5, 5.41) is 5.36. The Morgan fingerprint density at radius 1 is 1.26 bits per heavy atom. The van der Waals surface area contributed by atoms with Crippen molar-refractivity contribution in [1.29, 1.82) is 0 Å². The van der Waals surface area contributed by atoms with E-state index in [2.05, 4.69) is 16.8 Å². The fraction of sp³-hybridized carbons (Fsp3) is 0.286. The largest absolute Gasteiger partial charge is 0.385 e. The van der Waals surface area contributed by atoms with E-state index in [-0.39, 0.29) is 5.75 Å². The summed E-state index contributed by atoms with van der Waals surface area (Å²) in [7, 11) is -3.03. The van der Waals surface area contributed by atoms with Gasteiger partial charge in [-0.1, -0.05) is 12.1 Å². The van der Waals surface area contributed by atoms with Crippen LogP contribution in [0.1, 0.15) is 10.4 Å². The average Bonchev–Trinajstić information content (AvgIpc) is 2.99. The number of benzene rings is 1. The second-order valence-corrected chi connectivity index (χ2v) is 7.76. The molecule has 0 atom stereocenters. The van der Waals surface area contributed by atoms with Crippen molar-refractivity contribution in [3.05, 3.63) is 46.2 Å². The molecule has 0 spiro atoms. The molecule has 1 N–H and O–H groups in total. The second kappa shape index (κ2) is 4.98. The first-order valence-electron chi connectivity index (χ1n) is 6.27. The van der Waals surface area contributed by atoms with Gasteiger partial charge in [-0.15, -0.1) is 11.3 Å². The quantitative estimate of drug-likeness (QED) is 0.943. The Hall–Kier alpha value is -1.33. The molecular weight excluding hydrogens is 278 g/mol. The second-order valence-electron chi connectivity index (χ2n) is 4.65. The number of thiophene rings is 1.